The SMILES string of the molecule is CC(C)c1cccc(C(C)C)c1NC(=O)C1=Cc2ccccc2OC1. The Morgan fingerprint density at radius 2 is 1.60 bits per heavy atom. The molecule has 1 heterocycles. The quantitative estimate of drug-likeness (QED) is 0.818. The van der Waals surface area contributed by atoms with Gasteiger partial charge in [0, 0.05) is 11.3 Å². The van der Waals surface area contributed by atoms with Crippen LogP contribution in [0, 0.1) is 0 Å². The first-order valence-corrected chi connectivity index (χ1v) is 8.84. The summed E-state index contributed by atoms with van der Waals surface area (Å²) in [5, 5.41) is 3.16. The Hall–Kier alpha value is -2.55. The standard InChI is InChI=1S/C22H25NO2/c1-14(2)18-9-7-10-19(15(3)4)21(18)23-22(24)17-12-16-8-5-6-11-20(16)25-13-17/h5-12,14-15H,13H2,1-4H3,(H,23,24). The smallest absolute Gasteiger partial charge is 0.255 e. The van der Waals surface area contributed by atoms with Gasteiger partial charge in [-0.3, -0.25) is 4.79 Å². The lowest BCUT2D eigenvalue weighted by atomic mass is 9.92. The Bertz CT molecular complexity index is 792. The first-order valence-electron chi connectivity index (χ1n) is 8.84. The van der Waals surface area contributed by atoms with E-state index in [1.165, 1.54) is 0 Å². The fourth-order valence-corrected chi connectivity index (χ4v) is 3.14. The van der Waals surface area contributed by atoms with Crippen LogP contribution in [0.1, 0.15) is 56.2 Å². The molecular weight excluding hydrogens is 310 g/mol. The molecule has 3 rings (SSSR count). The molecule has 1 N–H and O–H groups in total. The second-order valence-electron chi connectivity index (χ2n) is 7.07. The van der Waals surface area contributed by atoms with Crippen molar-refractivity contribution in [3.63, 3.8) is 0 Å². The molecule has 3 nitrogen and oxygen atoms in total. The predicted octanol–water partition coefficient (Wildman–Crippen LogP) is 5.35. The second-order valence-corrected chi connectivity index (χ2v) is 7.07. The third kappa shape index (κ3) is 3.60. The van der Waals surface area contributed by atoms with Crippen LogP contribution < -0.4 is 10.1 Å². The van der Waals surface area contributed by atoms with E-state index in [4.69, 9.17) is 4.74 Å². The maximum atomic E-state index is 12.9. The van der Waals surface area contributed by atoms with Crippen molar-refractivity contribution in [2.75, 3.05) is 11.9 Å². The zero-order chi connectivity index (χ0) is 18.0. The van der Waals surface area contributed by atoms with E-state index in [2.05, 4.69) is 51.2 Å². The van der Waals surface area contributed by atoms with Gasteiger partial charge in [-0.1, -0.05) is 64.1 Å². The highest BCUT2D eigenvalue weighted by molar-refractivity contribution is 6.08. The van der Waals surface area contributed by atoms with Crippen molar-refractivity contribution in [1.82, 2.24) is 0 Å². The number of anilines is 1. The minimum absolute atomic E-state index is 0.0931. The molecule has 0 aliphatic carbocycles. The van der Waals surface area contributed by atoms with E-state index < -0.39 is 0 Å². The minimum Gasteiger partial charge on any atom is -0.488 e. The first kappa shape index (κ1) is 17.3. The molecule has 0 aromatic heterocycles. The average molecular weight is 335 g/mol. The Morgan fingerprint density at radius 1 is 0.960 bits per heavy atom. The predicted molar refractivity (Wildman–Crippen MR) is 103 cm³/mol. The van der Waals surface area contributed by atoms with Gasteiger partial charge in [0.25, 0.3) is 5.91 Å². The van der Waals surface area contributed by atoms with Crippen molar-refractivity contribution >= 4 is 17.7 Å². The number of para-hydroxylation sites is 2. The maximum Gasteiger partial charge on any atom is 0.255 e. The van der Waals surface area contributed by atoms with Gasteiger partial charge in [-0.2, -0.15) is 0 Å². The van der Waals surface area contributed by atoms with Gasteiger partial charge in [-0.25, -0.2) is 0 Å². The zero-order valence-electron chi connectivity index (χ0n) is 15.3. The summed E-state index contributed by atoms with van der Waals surface area (Å²) in [5.41, 5.74) is 4.86. The van der Waals surface area contributed by atoms with Gasteiger partial charge in [0.1, 0.15) is 12.4 Å². The van der Waals surface area contributed by atoms with Crippen LogP contribution in [0.2, 0.25) is 0 Å². The van der Waals surface area contributed by atoms with E-state index in [1.54, 1.807) is 0 Å². The van der Waals surface area contributed by atoms with Crippen LogP contribution in [0.5, 0.6) is 5.75 Å². The molecule has 2 aromatic rings. The van der Waals surface area contributed by atoms with E-state index in [9.17, 15) is 4.79 Å². The van der Waals surface area contributed by atoms with Crippen molar-refractivity contribution in [1.29, 1.82) is 0 Å². The number of hydrogen-bond acceptors (Lipinski definition) is 2. The lowest BCUT2D eigenvalue weighted by Crippen LogP contribution is -2.22. The van der Waals surface area contributed by atoms with Crippen LogP contribution >= 0.6 is 0 Å². The fourth-order valence-electron chi connectivity index (χ4n) is 3.14. The van der Waals surface area contributed by atoms with Gasteiger partial charge in [0.15, 0.2) is 0 Å². The summed E-state index contributed by atoms with van der Waals surface area (Å²) in [4.78, 5) is 12.9. The number of carbonyl (C=O) groups excluding carboxylic acids is 1. The average Bonchev–Trinajstić information content (AvgIpc) is 2.61. The maximum absolute atomic E-state index is 12.9. The topological polar surface area (TPSA) is 38.3 Å². The summed E-state index contributed by atoms with van der Waals surface area (Å²) in [6.45, 7) is 8.88. The summed E-state index contributed by atoms with van der Waals surface area (Å²) in [7, 11) is 0. The molecule has 1 amide bonds. The second kappa shape index (κ2) is 7.14. The van der Waals surface area contributed by atoms with Crippen molar-refractivity contribution in [3.8, 4) is 5.75 Å². The third-order valence-electron chi connectivity index (χ3n) is 4.54. The van der Waals surface area contributed by atoms with Crippen LogP contribution in [0.3, 0.4) is 0 Å². The van der Waals surface area contributed by atoms with Crippen LogP contribution in [0.15, 0.2) is 48.0 Å². The highest BCUT2D eigenvalue weighted by Gasteiger charge is 2.20. The normalized spacial score (nSPS) is 13.3. The van der Waals surface area contributed by atoms with Crippen molar-refractivity contribution in [2.45, 2.75) is 39.5 Å². The molecule has 1 aliphatic rings. The molecule has 25 heavy (non-hydrogen) atoms. The molecular formula is C22H25NO2. The molecule has 0 bridgehead atoms. The van der Waals surface area contributed by atoms with Crippen molar-refractivity contribution < 1.29 is 9.53 Å². The zero-order valence-corrected chi connectivity index (χ0v) is 15.3. The summed E-state index contributed by atoms with van der Waals surface area (Å²) in [6, 6.07) is 14.0. The number of benzene rings is 2. The van der Waals surface area contributed by atoms with Gasteiger partial charge in [0.05, 0.1) is 5.57 Å². The Morgan fingerprint density at radius 3 is 2.24 bits per heavy atom. The van der Waals surface area contributed by atoms with Crippen LogP contribution in [-0.4, -0.2) is 12.5 Å². The van der Waals surface area contributed by atoms with Gasteiger partial charge in [-0.15, -0.1) is 0 Å². The minimum atomic E-state index is -0.0931. The number of carbonyl (C=O) groups is 1. The Kier molecular flexibility index (Phi) is 4.93. The molecule has 0 atom stereocenters. The molecule has 0 saturated heterocycles. The molecule has 0 radical (unpaired) electrons. The van der Waals surface area contributed by atoms with E-state index in [0.29, 0.717) is 24.0 Å². The van der Waals surface area contributed by atoms with Crippen LogP contribution in [0.4, 0.5) is 5.69 Å². The number of amides is 1. The summed E-state index contributed by atoms with van der Waals surface area (Å²) in [6.07, 6.45) is 1.92. The molecule has 0 saturated carbocycles. The molecule has 0 fully saturated rings. The van der Waals surface area contributed by atoms with Gasteiger partial charge in [0.2, 0.25) is 0 Å². The molecule has 130 valence electrons. The van der Waals surface area contributed by atoms with Gasteiger partial charge >= 0.3 is 0 Å². The third-order valence-corrected chi connectivity index (χ3v) is 4.54. The monoisotopic (exact) mass is 335 g/mol. The van der Waals surface area contributed by atoms with E-state index in [1.807, 2.05) is 30.3 Å². The van der Waals surface area contributed by atoms with Crippen molar-refractivity contribution in [3.05, 3.63) is 64.7 Å². The number of rotatable bonds is 4. The summed E-state index contributed by atoms with van der Waals surface area (Å²) >= 11 is 0. The van der Waals surface area contributed by atoms with Gasteiger partial charge < -0.3 is 10.1 Å². The molecule has 3 heteroatoms. The highest BCUT2D eigenvalue weighted by atomic mass is 16.5. The molecule has 1 aliphatic heterocycles. The lowest BCUT2D eigenvalue weighted by Gasteiger charge is -2.22. The van der Waals surface area contributed by atoms with E-state index >= 15 is 0 Å². The van der Waals surface area contributed by atoms with Crippen LogP contribution in [0.25, 0.3) is 6.08 Å². The van der Waals surface area contributed by atoms with Crippen molar-refractivity contribution in [2.24, 2.45) is 0 Å². The van der Waals surface area contributed by atoms with Crippen LogP contribution in [-0.2, 0) is 4.79 Å². The van der Waals surface area contributed by atoms with E-state index in [0.717, 1.165) is 28.1 Å². The number of nitrogens with one attached hydrogen (secondary N) is 1. The number of ether oxygens (including phenoxy) is 1. The fraction of sp³-hybridized carbons (Fsp3) is 0.318. The van der Waals surface area contributed by atoms with Gasteiger partial charge in [-0.05, 0) is 35.1 Å². The molecule has 0 unspecified atom stereocenters. The highest BCUT2D eigenvalue weighted by Crippen LogP contribution is 2.33. The number of hydrogen-bond donors (Lipinski definition) is 1. The largest absolute Gasteiger partial charge is 0.488 e. The molecule has 2 aromatic carbocycles. The Balaban J connectivity index is 1.93. The summed E-state index contributed by atoms with van der Waals surface area (Å²) < 4.78 is 5.72. The lowest BCUT2D eigenvalue weighted by molar-refractivity contribution is -0.113. The number of fused-ring (bicyclic) bond motifs is 1. The van der Waals surface area contributed by atoms with E-state index in [-0.39, 0.29) is 5.91 Å². The molecule has 0 spiro atoms. The first-order chi connectivity index (χ1) is 12.0. The Labute approximate surface area is 149 Å². The summed E-state index contributed by atoms with van der Waals surface area (Å²) in [5.74, 6) is 1.41.